The second kappa shape index (κ2) is 8.64. The van der Waals surface area contributed by atoms with Crippen LogP contribution in [0.1, 0.15) is 13.8 Å². The number of aromatic nitrogens is 4. The van der Waals surface area contributed by atoms with E-state index < -0.39 is 6.10 Å². The molecule has 1 saturated heterocycles. The molecule has 0 spiro atoms. The van der Waals surface area contributed by atoms with Crippen molar-refractivity contribution in [3.63, 3.8) is 0 Å². The van der Waals surface area contributed by atoms with Crippen LogP contribution in [0.3, 0.4) is 0 Å². The molecular weight excluding hydrogens is 350 g/mol. The summed E-state index contributed by atoms with van der Waals surface area (Å²) in [5.74, 6) is 1.71. The highest BCUT2D eigenvalue weighted by molar-refractivity contribution is 5.60. The zero-order valence-electron chi connectivity index (χ0n) is 16.2. The number of methoxy groups -OCH3 is 2. The van der Waals surface area contributed by atoms with Crippen LogP contribution >= 0.6 is 0 Å². The summed E-state index contributed by atoms with van der Waals surface area (Å²) < 4.78 is 16.3. The van der Waals surface area contributed by atoms with Crippen molar-refractivity contribution < 1.29 is 19.3 Å². The summed E-state index contributed by atoms with van der Waals surface area (Å²) in [4.78, 5) is 3.62. The zero-order valence-corrected chi connectivity index (χ0v) is 16.2. The largest absolute Gasteiger partial charge is 0.493 e. The average Bonchev–Trinajstić information content (AvgIpc) is 3.08. The molecule has 148 valence electrons. The van der Waals surface area contributed by atoms with Gasteiger partial charge in [-0.05, 0) is 37.3 Å². The minimum atomic E-state index is -0.588. The molecule has 1 aromatic heterocycles. The Balaban J connectivity index is 1.62. The van der Waals surface area contributed by atoms with E-state index in [-0.39, 0.29) is 18.8 Å². The van der Waals surface area contributed by atoms with Crippen LogP contribution in [0.4, 0.5) is 0 Å². The number of tetrazole rings is 1. The van der Waals surface area contributed by atoms with Gasteiger partial charge in [0.05, 0.1) is 39.1 Å². The van der Waals surface area contributed by atoms with Crippen molar-refractivity contribution in [1.29, 1.82) is 0 Å². The zero-order chi connectivity index (χ0) is 19.4. The van der Waals surface area contributed by atoms with Crippen LogP contribution in [0, 0.1) is 0 Å². The molecule has 1 N–H and O–H groups in total. The fourth-order valence-electron chi connectivity index (χ4n) is 3.39. The third-order valence-corrected chi connectivity index (χ3v) is 4.43. The average molecular weight is 377 g/mol. The molecule has 1 aliphatic heterocycles. The van der Waals surface area contributed by atoms with E-state index in [9.17, 15) is 5.11 Å². The lowest BCUT2D eigenvalue weighted by Gasteiger charge is -2.36. The summed E-state index contributed by atoms with van der Waals surface area (Å²) in [5, 5.41) is 22.9. The van der Waals surface area contributed by atoms with E-state index in [0.717, 1.165) is 18.7 Å². The molecular formula is C18H27N5O4. The van der Waals surface area contributed by atoms with Gasteiger partial charge in [-0.15, -0.1) is 10.2 Å². The van der Waals surface area contributed by atoms with Gasteiger partial charge in [-0.1, -0.05) is 0 Å². The number of aliphatic hydroxyl groups excluding tert-OH is 1. The Morgan fingerprint density at radius 2 is 1.85 bits per heavy atom. The lowest BCUT2D eigenvalue weighted by molar-refractivity contribution is -0.0776. The quantitative estimate of drug-likeness (QED) is 0.758. The number of nitrogens with zero attached hydrogens (tertiary/aromatic N) is 5. The van der Waals surface area contributed by atoms with Crippen LogP contribution in [0.2, 0.25) is 0 Å². The minimum Gasteiger partial charge on any atom is -0.493 e. The molecule has 3 unspecified atom stereocenters. The van der Waals surface area contributed by atoms with Crippen molar-refractivity contribution in [3.05, 3.63) is 18.2 Å². The van der Waals surface area contributed by atoms with E-state index in [1.165, 1.54) is 4.80 Å². The van der Waals surface area contributed by atoms with Crippen LogP contribution in [0.25, 0.3) is 11.4 Å². The molecule has 0 bridgehead atoms. The molecule has 0 saturated carbocycles. The van der Waals surface area contributed by atoms with Crippen molar-refractivity contribution in [3.8, 4) is 22.9 Å². The Morgan fingerprint density at radius 1 is 1.15 bits per heavy atom. The monoisotopic (exact) mass is 377 g/mol. The molecule has 9 nitrogen and oxygen atoms in total. The van der Waals surface area contributed by atoms with Gasteiger partial charge in [0.2, 0.25) is 5.82 Å². The summed E-state index contributed by atoms with van der Waals surface area (Å²) in [7, 11) is 3.17. The van der Waals surface area contributed by atoms with Crippen molar-refractivity contribution in [1.82, 2.24) is 25.1 Å². The maximum Gasteiger partial charge on any atom is 0.205 e. The van der Waals surface area contributed by atoms with E-state index in [2.05, 4.69) is 20.3 Å². The highest BCUT2D eigenvalue weighted by atomic mass is 16.5. The minimum absolute atomic E-state index is 0.169. The smallest absolute Gasteiger partial charge is 0.205 e. The van der Waals surface area contributed by atoms with Gasteiger partial charge in [0.25, 0.3) is 0 Å². The van der Waals surface area contributed by atoms with E-state index in [0.29, 0.717) is 23.9 Å². The Hall–Kier alpha value is -2.23. The van der Waals surface area contributed by atoms with Gasteiger partial charge in [0, 0.05) is 25.2 Å². The van der Waals surface area contributed by atoms with Gasteiger partial charge < -0.3 is 19.3 Å². The second-order valence-electron chi connectivity index (χ2n) is 6.87. The maximum atomic E-state index is 10.4. The highest BCUT2D eigenvalue weighted by Gasteiger charge is 2.24. The second-order valence-corrected chi connectivity index (χ2v) is 6.87. The number of hydrogen-bond donors (Lipinski definition) is 1. The van der Waals surface area contributed by atoms with Gasteiger partial charge in [-0.25, -0.2) is 0 Å². The Morgan fingerprint density at radius 3 is 2.52 bits per heavy atom. The lowest BCUT2D eigenvalue weighted by atomic mass is 10.2. The number of ether oxygens (including phenoxy) is 3. The van der Waals surface area contributed by atoms with Crippen LogP contribution in [0.15, 0.2) is 18.2 Å². The van der Waals surface area contributed by atoms with Crippen molar-refractivity contribution in [2.75, 3.05) is 33.9 Å². The van der Waals surface area contributed by atoms with Crippen molar-refractivity contribution in [2.45, 2.75) is 38.7 Å². The number of rotatable bonds is 7. The number of β-amino-alcohol motifs (C(OH)–C–C–N with tert-alkyl or cyclic N) is 1. The first-order chi connectivity index (χ1) is 13.0. The van der Waals surface area contributed by atoms with Gasteiger partial charge in [0.1, 0.15) is 0 Å². The first-order valence-corrected chi connectivity index (χ1v) is 9.04. The first kappa shape index (κ1) is 19.5. The van der Waals surface area contributed by atoms with Crippen LogP contribution in [-0.2, 0) is 11.3 Å². The molecule has 2 aromatic rings. The Bertz CT molecular complexity index is 743. The van der Waals surface area contributed by atoms with Crippen LogP contribution in [0.5, 0.6) is 11.5 Å². The molecule has 3 atom stereocenters. The van der Waals surface area contributed by atoms with Gasteiger partial charge in [0.15, 0.2) is 11.5 Å². The third kappa shape index (κ3) is 4.94. The molecule has 9 heteroatoms. The fraction of sp³-hybridized carbons (Fsp3) is 0.611. The van der Waals surface area contributed by atoms with E-state index >= 15 is 0 Å². The molecule has 0 radical (unpaired) electrons. The molecule has 1 aliphatic rings. The SMILES string of the molecule is COc1ccc(-c2nnn(CC(O)CN3CC(C)OC(C)C3)n2)cc1OC. The normalized spacial score (nSPS) is 21.8. The fourth-order valence-corrected chi connectivity index (χ4v) is 3.39. The molecule has 1 fully saturated rings. The summed E-state index contributed by atoms with van der Waals surface area (Å²) >= 11 is 0. The summed E-state index contributed by atoms with van der Waals surface area (Å²) in [5.41, 5.74) is 0.768. The number of hydrogen-bond acceptors (Lipinski definition) is 8. The van der Waals surface area contributed by atoms with Crippen molar-refractivity contribution >= 4 is 0 Å². The molecule has 0 amide bonds. The van der Waals surface area contributed by atoms with Gasteiger partial charge in [-0.3, -0.25) is 4.90 Å². The van der Waals surface area contributed by atoms with Crippen LogP contribution < -0.4 is 9.47 Å². The molecule has 1 aromatic carbocycles. The number of morpholine rings is 1. The number of benzene rings is 1. The summed E-state index contributed by atoms with van der Waals surface area (Å²) in [6.45, 7) is 6.53. The maximum absolute atomic E-state index is 10.4. The standard InChI is InChI=1S/C18H27N5O4/c1-12-8-22(9-13(2)27-12)10-15(24)11-23-20-18(19-21-23)14-5-6-16(25-3)17(7-14)26-4/h5-7,12-13,15,24H,8-11H2,1-4H3. The predicted molar refractivity (Wildman–Crippen MR) is 98.8 cm³/mol. The topological polar surface area (TPSA) is 94.8 Å². The third-order valence-electron chi connectivity index (χ3n) is 4.43. The Kier molecular flexibility index (Phi) is 6.25. The predicted octanol–water partition coefficient (Wildman–Crippen LogP) is 0.827. The van der Waals surface area contributed by atoms with Gasteiger partial charge >= 0.3 is 0 Å². The first-order valence-electron chi connectivity index (χ1n) is 9.04. The van der Waals surface area contributed by atoms with Crippen molar-refractivity contribution in [2.24, 2.45) is 0 Å². The van der Waals surface area contributed by atoms with E-state index in [1.807, 2.05) is 19.9 Å². The number of aliphatic hydroxyl groups is 1. The molecule has 0 aliphatic carbocycles. The Labute approximate surface area is 158 Å². The molecule has 3 rings (SSSR count). The summed E-state index contributed by atoms with van der Waals surface area (Å²) in [6.07, 6.45) is -0.251. The highest BCUT2D eigenvalue weighted by Crippen LogP contribution is 2.30. The van der Waals surface area contributed by atoms with E-state index in [1.54, 1.807) is 26.4 Å². The molecule has 27 heavy (non-hydrogen) atoms. The van der Waals surface area contributed by atoms with E-state index in [4.69, 9.17) is 14.2 Å². The van der Waals surface area contributed by atoms with Crippen LogP contribution in [-0.4, -0.2) is 82.4 Å². The molecule has 2 heterocycles. The van der Waals surface area contributed by atoms with Gasteiger partial charge in [-0.2, -0.15) is 4.80 Å². The summed E-state index contributed by atoms with van der Waals surface area (Å²) in [6, 6.07) is 5.44. The lowest BCUT2D eigenvalue weighted by Crippen LogP contribution is -2.48.